The van der Waals surface area contributed by atoms with Crippen molar-refractivity contribution in [1.82, 2.24) is 10.2 Å². The van der Waals surface area contributed by atoms with Crippen LogP contribution in [0.15, 0.2) is 78.9 Å². The van der Waals surface area contributed by atoms with Gasteiger partial charge in [-0.1, -0.05) is 104 Å². The molecule has 3 aromatic carbocycles. The molecule has 0 spiro atoms. The molecule has 0 bridgehead atoms. The molecule has 3 rings (SSSR count). The first kappa shape index (κ1) is 27.8. The average molecular weight is 526 g/mol. The molecule has 2 amide bonds. The molecule has 0 aliphatic rings. The van der Waals surface area contributed by atoms with Gasteiger partial charge in [-0.2, -0.15) is 0 Å². The molecule has 0 aliphatic carbocycles. The van der Waals surface area contributed by atoms with E-state index in [1.165, 1.54) is 0 Å². The van der Waals surface area contributed by atoms with Crippen LogP contribution in [0.2, 0.25) is 10.0 Å². The van der Waals surface area contributed by atoms with Gasteiger partial charge in [-0.05, 0) is 48.6 Å². The molecule has 0 aromatic heterocycles. The Morgan fingerprint density at radius 3 is 1.92 bits per heavy atom. The van der Waals surface area contributed by atoms with Gasteiger partial charge in [-0.25, -0.2) is 0 Å². The van der Waals surface area contributed by atoms with E-state index < -0.39 is 6.04 Å². The van der Waals surface area contributed by atoms with E-state index in [4.69, 9.17) is 23.2 Å². The molecule has 0 heterocycles. The van der Waals surface area contributed by atoms with Crippen molar-refractivity contribution in [1.29, 1.82) is 0 Å². The Kier molecular flexibility index (Phi) is 10.4. The normalized spacial score (nSPS) is 12.7. The summed E-state index contributed by atoms with van der Waals surface area (Å²) in [6.45, 7) is 6.19. The fourth-order valence-electron chi connectivity index (χ4n) is 4.29. The maximum absolute atomic E-state index is 14.0. The number of carbonyl (C=O) groups is 2. The lowest BCUT2D eigenvalue weighted by Gasteiger charge is -2.33. The van der Waals surface area contributed by atoms with Gasteiger partial charge in [-0.15, -0.1) is 0 Å². The zero-order valence-corrected chi connectivity index (χ0v) is 22.6. The van der Waals surface area contributed by atoms with E-state index in [1.54, 1.807) is 17.0 Å². The third kappa shape index (κ3) is 7.35. The highest BCUT2D eigenvalue weighted by molar-refractivity contribution is 6.42. The first-order chi connectivity index (χ1) is 17.3. The van der Waals surface area contributed by atoms with Crippen molar-refractivity contribution >= 4 is 35.0 Å². The van der Waals surface area contributed by atoms with Crippen LogP contribution < -0.4 is 5.32 Å². The number of rotatable bonds is 11. The molecule has 6 heteroatoms. The lowest BCUT2D eigenvalue weighted by atomic mass is 9.88. The topological polar surface area (TPSA) is 49.4 Å². The highest BCUT2D eigenvalue weighted by Crippen LogP contribution is 2.30. The van der Waals surface area contributed by atoms with E-state index in [9.17, 15) is 9.59 Å². The molecule has 36 heavy (non-hydrogen) atoms. The number of nitrogens with zero attached hydrogens (tertiary/aromatic N) is 1. The molecule has 0 unspecified atom stereocenters. The lowest BCUT2D eigenvalue weighted by molar-refractivity contribution is -0.141. The van der Waals surface area contributed by atoms with Gasteiger partial charge in [0.25, 0.3) is 0 Å². The van der Waals surface area contributed by atoms with Crippen LogP contribution >= 0.6 is 23.2 Å². The van der Waals surface area contributed by atoms with Gasteiger partial charge in [0.1, 0.15) is 6.04 Å². The largest absolute Gasteiger partial charge is 0.352 e. The zero-order valence-electron chi connectivity index (χ0n) is 21.1. The summed E-state index contributed by atoms with van der Waals surface area (Å²) in [5.74, 6) is -0.368. The third-order valence-electron chi connectivity index (χ3n) is 6.51. The van der Waals surface area contributed by atoms with Gasteiger partial charge < -0.3 is 10.2 Å². The molecule has 3 aromatic rings. The monoisotopic (exact) mass is 524 g/mol. The Balaban J connectivity index is 1.96. The summed E-state index contributed by atoms with van der Waals surface area (Å²) in [7, 11) is 0. The second kappa shape index (κ2) is 13.5. The minimum absolute atomic E-state index is 0.0230. The van der Waals surface area contributed by atoms with Crippen LogP contribution in [0.25, 0.3) is 0 Å². The molecule has 0 aliphatic heterocycles. The van der Waals surface area contributed by atoms with Gasteiger partial charge >= 0.3 is 0 Å². The Morgan fingerprint density at radius 2 is 1.42 bits per heavy atom. The molecule has 1 N–H and O–H groups in total. The summed E-state index contributed by atoms with van der Waals surface area (Å²) in [5.41, 5.74) is 2.94. The molecule has 0 saturated heterocycles. The van der Waals surface area contributed by atoms with Crippen LogP contribution in [0.1, 0.15) is 62.6 Å². The van der Waals surface area contributed by atoms with Gasteiger partial charge in [0, 0.05) is 24.9 Å². The first-order valence-corrected chi connectivity index (χ1v) is 13.2. The van der Waals surface area contributed by atoms with Crippen LogP contribution in [0, 0.1) is 0 Å². The molecule has 0 fully saturated rings. The second-order valence-corrected chi connectivity index (χ2v) is 9.90. The predicted molar refractivity (Wildman–Crippen MR) is 148 cm³/mol. The fourth-order valence-corrected chi connectivity index (χ4v) is 4.61. The number of halogens is 2. The Bertz CT molecular complexity index is 1100. The van der Waals surface area contributed by atoms with Crippen molar-refractivity contribution in [2.75, 3.05) is 0 Å². The maximum Gasteiger partial charge on any atom is 0.243 e. The molecule has 2 atom stereocenters. The number of carbonyl (C=O) groups excluding carboxylic acids is 2. The van der Waals surface area contributed by atoms with Crippen molar-refractivity contribution in [2.45, 2.75) is 64.6 Å². The minimum atomic E-state index is -0.604. The predicted octanol–water partition coefficient (Wildman–Crippen LogP) is 7.24. The fraction of sp³-hybridized carbons (Fsp3) is 0.333. The van der Waals surface area contributed by atoms with Crippen molar-refractivity contribution in [3.8, 4) is 0 Å². The van der Waals surface area contributed by atoms with E-state index in [0.29, 0.717) is 16.5 Å². The van der Waals surface area contributed by atoms with E-state index >= 15 is 0 Å². The molecule has 190 valence electrons. The van der Waals surface area contributed by atoms with Crippen molar-refractivity contribution in [3.05, 3.63) is 106 Å². The Labute approximate surface area is 224 Å². The highest BCUT2D eigenvalue weighted by Gasteiger charge is 2.31. The quantitative estimate of drug-likeness (QED) is 0.287. The zero-order chi connectivity index (χ0) is 26.1. The van der Waals surface area contributed by atoms with Crippen LogP contribution in [-0.4, -0.2) is 28.8 Å². The van der Waals surface area contributed by atoms with E-state index in [0.717, 1.165) is 23.1 Å². The van der Waals surface area contributed by atoms with Crippen LogP contribution in [0.4, 0.5) is 0 Å². The van der Waals surface area contributed by atoms with Gasteiger partial charge in [0.05, 0.1) is 10.0 Å². The Hall–Kier alpha value is -2.82. The summed E-state index contributed by atoms with van der Waals surface area (Å²) in [4.78, 5) is 29.0. The van der Waals surface area contributed by atoms with Crippen molar-refractivity contribution in [2.24, 2.45) is 0 Å². The Morgan fingerprint density at radius 1 is 0.833 bits per heavy atom. The maximum atomic E-state index is 14.0. The van der Waals surface area contributed by atoms with Gasteiger partial charge in [0.2, 0.25) is 11.8 Å². The van der Waals surface area contributed by atoms with Crippen molar-refractivity contribution in [3.63, 3.8) is 0 Å². The SMILES string of the molecule is CC[C@H](C(=O)N[C@@H](C)CC)N(Cc1ccc(Cl)c(Cl)c1)C(=O)CC(c1ccccc1)c1ccccc1. The van der Waals surface area contributed by atoms with Crippen molar-refractivity contribution < 1.29 is 9.59 Å². The molecular formula is C30H34Cl2N2O2. The van der Waals surface area contributed by atoms with Gasteiger partial charge in [0.15, 0.2) is 0 Å². The van der Waals surface area contributed by atoms with Gasteiger partial charge in [-0.3, -0.25) is 9.59 Å². The number of benzene rings is 3. The summed E-state index contributed by atoms with van der Waals surface area (Å²) < 4.78 is 0. The second-order valence-electron chi connectivity index (χ2n) is 9.09. The van der Waals surface area contributed by atoms with Crippen LogP contribution in [-0.2, 0) is 16.1 Å². The molecular weight excluding hydrogens is 491 g/mol. The number of amides is 2. The smallest absolute Gasteiger partial charge is 0.243 e. The van der Waals surface area contributed by atoms with E-state index in [1.807, 2.05) is 87.5 Å². The standard InChI is InChI=1S/C30H34Cl2N2O2/c1-4-21(3)33-30(36)28(5-2)34(20-22-16-17-26(31)27(32)18-22)29(35)19-25(23-12-8-6-9-13-23)24-14-10-7-11-15-24/h6-18,21,25,28H,4-5,19-20H2,1-3H3,(H,33,36)/t21-,28+/m0/s1. The number of hydrogen-bond donors (Lipinski definition) is 1. The lowest BCUT2D eigenvalue weighted by Crippen LogP contribution is -2.51. The number of nitrogens with one attached hydrogen (secondary N) is 1. The molecule has 4 nitrogen and oxygen atoms in total. The molecule has 0 radical (unpaired) electrons. The number of hydrogen-bond acceptors (Lipinski definition) is 2. The highest BCUT2D eigenvalue weighted by atomic mass is 35.5. The average Bonchev–Trinajstić information content (AvgIpc) is 2.90. The summed E-state index contributed by atoms with van der Waals surface area (Å²) in [6, 6.07) is 24.8. The first-order valence-electron chi connectivity index (χ1n) is 12.5. The summed E-state index contributed by atoms with van der Waals surface area (Å²) in [6.07, 6.45) is 1.55. The van der Waals surface area contributed by atoms with E-state index in [-0.39, 0.29) is 36.7 Å². The van der Waals surface area contributed by atoms with Crippen LogP contribution in [0.3, 0.4) is 0 Å². The van der Waals surface area contributed by atoms with Crippen LogP contribution in [0.5, 0.6) is 0 Å². The summed E-state index contributed by atoms with van der Waals surface area (Å²) >= 11 is 12.4. The molecule has 0 saturated carbocycles. The third-order valence-corrected chi connectivity index (χ3v) is 7.25. The van der Waals surface area contributed by atoms with E-state index in [2.05, 4.69) is 5.32 Å². The summed E-state index contributed by atoms with van der Waals surface area (Å²) in [5, 5.41) is 3.93. The minimum Gasteiger partial charge on any atom is -0.352 e.